The van der Waals surface area contributed by atoms with Crippen LogP contribution in [-0.4, -0.2) is 45.2 Å². The van der Waals surface area contributed by atoms with Gasteiger partial charge in [0.2, 0.25) is 0 Å². The van der Waals surface area contributed by atoms with Gasteiger partial charge >= 0.3 is 35.0 Å². The number of aliphatic carboxylic acids is 2. The van der Waals surface area contributed by atoms with Gasteiger partial charge in [-0.05, 0) is 0 Å². The molecule has 10 heavy (non-hydrogen) atoms. The molecular weight excluding hydrogens is 168 g/mol. The first kappa shape index (κ1) is 16.6. The Hall–Kier alpha value is 0.0562. The summed E-state index contributed by atoms with van der Waals surface area (Å²) in [5, 5.41) is 15.8. The van der Waals surface area contributed by atoms with Gasteiger partial charge in [-0.15, -0.1) is 0 Å². The van der Waals surface area contributed by atoms with Gasteiger partial charge < -0.3 is 13.1 Å². The third-order valence-corrected chi connectivity index (χ3v) is 0.553. The topological polar surface area (TPSA) is 74.6 Å². The fourth-order valence-corrected chi connectivity index (χ4v) is 0.214. The summed E-state index contributed by atoms with van der Waals surface area (Å²) >= 11 is 0. The number of carbonyl (C=O) groups is 2. The molecule has 2 N–H and O–H groups in total. The van der Waals surface area contributed by atoms with Crippen molar-refractivity contribution >= 4 is 48.5 Å². The van der Waals surface area contributed by atoms with Crippen molar-refractivity contribution < 1.29 is 22.7 Å². The van der Waals surface area contributed by atoms with E-state index in [-0.39, 0.29) is 52.2 Å². The Morgan fingerprint density at radius 3 is 1.40 bits per heavy atom. The molecule has 0 radical (unpaired) electrons. The van der Waals surface area contributed by atoms with Gasteiger partial charge in [0.25, 0.3) is 0 Å². The number of hydrogen-bond acceptors (Lipinski definition) is 2. The molecule has 0 atom stereocenters. The first-order valence-corrected chi connectivity index (χ1v) is 2.06. The molecule has 0 aromatic heterocycles. The predicted octanol–water partition coefficient (Wildman–Crippen LogP) is -0.107. The second-order valence-corrected chi connectivity index (χ2v) is 1.29. The molecule has 0 spiro atoms. The van der Waals surface area contributed by atoms with Crippen molar-refractivity contribution in [3.05, 3.63) is 0 Å². The summed E-state index contributed by atoms with van der Waals surface area (Å²) in [6, 6.07) is 0. The third kappa shape index (κ3) is 15.7. The number of rotatable bonds is 3. The maximum atomic E-state index is 9.64. The zero-order valence-electron chi connectivity index (χ0n) is 7.33. The molecule has 0 amide bonds. The summed E-state index contributed by atoms with van der Waals surface area (Å²) in [6.45, 7) is 0. The van der Waals surface area contributed by atoms with E-state index < -0.39 is 11.9 Å². The van der Waals surface area contributed by atoms with Gasteiger partial charge in [0.15, 0.2) is 0 Å². The Bertz CT molecular complexity index is 110. The number of carboxylic acids is 2. The van der Waals surface area contributed by atoms with Crippen molar-refractivity contribution in [3.63, 3.8) is 0 Å². The maximum Gasteiger partial charge on any atom is 2.00 e. The van der Waals surface area contributed by atoms with E-state index in [1.807, 2.05) is 0 Å². The van der Waals surface area contributed by atoms with Gasteiger partial charge in [-0.25, -0.2) is 0 Å². The van der Waals surface area contributed by atoms with Crippen LogP contribution in [0.1, 0.15) is 15.7 Å². The van der Waals surface area contributed by atoms with Gasteiger partial charge in [-0.3, -0.25) is 9.59 Å². The van der Waals surface area contributed by atoms with Crippen molar-refractivity contribution in [3.8, 4) is 0 Å². The number of carboxylic acid groups (broad SMARTS) is 2. The number of hydrogen-bond donors (Lipinski definition) is 2. The summed E-state index contributed by atoms with van der Waals surface area (Å²) in [5.74, 6) is -2.15. The van der Waals surface area contributed by atoms with Gasteiger partial charge in [-0.1, -0.05) is 0 Å². The van der Waals surface area contributed by atoms with E-state index in [9.17, 15) is 9.59 Å². The molecule has 4 nitrogen and oxygen atoms in total. The van der Waals surface area contributed by atoms with Crippen molar-refractivity contribution in [1.29, 1.82) is 0 Å². The summed E-state index contributed by atoms with van der Waals surface area (Å²) < 4.78 is 0. The monoisotopic (exact) mass is 178 g/mol. The first-order valence-electron chi connectivity index (χ1n) is 2.06. The normalized spacial score (nSPS) is 6.80. The molecule has 0 aromatic carbocycles. The minimum absolute atomic E-state index is 0. The molecule has 0 fully saturated rings. The Balaban J connectivity index is -0.0000000408. The first-order chi connectivity index (χ1) is 3.63. The molecule has 0 unspecified atom stereocenters. The molecule has 0 aliphatic rings. The summed E-state index contributed by atoms with van der Waals surface area (Å²) in [4.78, 5) is 19.3. The van der Waals surface area contributed by atoms with Crippen LogP contribution in [0.2, 0.25) is 0 Å². The van der Waals surface area contributed by atoms with Gasteiger partial charge in [0.05, 0.1) is 12.8 Å². The van der Waals surface area contributed by atoms with Gasteiger partial charge in [0.1, 0.15) is 0 Å². The van der Waals surface area contributed by atoms with E-state index in [1.165, 1.54) is 0 Å². The second-order valence-electron chi connectivity index (χ2n) is 1.29. The van der Waals surface area contributed by atoms with Crippen molar-refractivity contribution in [2.45, 2.75) is 12.8 Å². The quantitative estimate of drug-likeness (QED) is 0.592. The molecule has 0 rings (SSSR count). The smallest absolute Gasteiger partial charge is 1.00 e. The molecule has 0 aliphatic heterocycles. The Morgan fingerprint density at radius 1 is 1.10 bits per heavy atom. The van der Waals surface area contributed by atoms with E-state index in [0.717, 1.165) is 0 Å². The minimum Gasteiger partial charge on any atom is -1.00 e. The fourth-order valence-electron chi connectivity index (χ4n) is 0.214. The molecule has 0 saturated carbocycles. The Kier molecular flexibility index (Phi) is 15.0. The molecule has 0 saturated heterocycles. The van der Waals surface area contributed by atoms with E-state index in [2.05, 4.69) is 0 Å². The van der Waals surface area contributed by atoms with Crippen LogP contribution in [0.25, 0.3) is 0 Å². The minimum atomic E-state index is -1.08. The largest absolute Gasteiger partial charge is 2.00 e. The predicted molar refractivity (Wildman–Crippen MR) is 42.9 cm³/mol. The van der Waals surface area contributed by atoms with Gasteiger partial charge in [-0.2, -0.15) is 13.5 Å². The van der Waals surface area contributed by atoms with Crippen LogP contribution in [-0.2, 0) is 9.59 Å². The molecule has 0 aliphatic carbocycles. The van der Waals surface area contributed by atoms with Crippen LogP contribution in [0.5, 0.6) is 0 Å². The van der Waals surface area contributed by atoms with Crippen LogP contribution in [0, 0.1) is 0 Å². The summed E-state index contributed by atoms with van der Waals surface area (Å²) in [6.07, 6.45) is -0.593. The average molecular weight is 178 g/mol. The van der Waals surface area contributed by atoms with Crippen LogP contribution < -0.4 is 0 Å². The summed E-state index contributed by atoms with van der Waals surface area (Å²) in [5.41, 5.74) is 0. The van der Waals surface area contributed by atoms with Crippen LogP contribution >= 0.6 is 13.5 Å². The second kappa shape index (κ2) is 9.06. The Labute approximate surface area is 84.2 Å². The SMILES string of the molecule is O=C(O)CCC(=O)O.S.[H-].[H-].[Mg+2]. The zero-order valence-corrected chi connectivity index (χ0v) is 7.75. The van der Waals surface area contributed by atoms with Crippen LogP contribution in [0.3, 0.4) is 0 Å². The van der Waals surface area contributed by atoms with Crippen LogP contribution in [0.15, 0.2) is 0 Å². The Morgan fingerprint density at radius 2 is 1.30 bits per heavy atom. The van der Waals surface area contributed by atoms with E-state index in [0.29, 0.717) is 0 Å². The molecule has 0 heterocycles. The molecule has 0 aromatic rings. The standard InChI is InChI=1S/C4H6O4.Mg.H2S.2H/c5-3(6)1-2-4(7)8;;;;/h1-2H2,(H,5,6)(H,7,8);;1H2;;/q;+2;;2*-1. The fraction of sp³-hybridized carbons (Fsp3) is 0.500. The van der Waals surface area contributed by atoms with Crippen molar-refractivity contribution in [1.82, 2.24) is 0 Å². The van der Waals surface area contributed by atoms with Crippen molar-refractivity contribution in [2.75, 3.05) is 0 Å². The average Bonchev–Trinajstić information content (AvgIpc) is 1.61. The maximum absolute atomic E-state index is 9.64. The van der Waals surface area contributed by atoms with Gasteiger partial charge in [0, 0.05) is 0 Å². The summed E-state index contributed by atoms with van der Waals surface area (Å²) in [7, 11) is 0. The van der Waals surface area contributed by atoms with Crippen molar-refractivity contribution in [2.24, 2.45) is 0 Å². The molecule has 6 heteroatoms. The van der Waals surface area contributed by atoms with E-state index in [1.54, 1.807) is 0 Å². The molecule has 58 valence electrons. The molecule has 0 bridgehead atoms. The molecular formula is C4H10MgO4S. The zero-order chi connectivity index (χ0) is 6.57. The van der Waals surface area contributed by atoms with E-state index >= 15 is 0 Å². The third-order valence-electron chi connectivity index (χ3n) is 0.553. The van der Waals surface area contributed by atoms with Crippen LogP contribution in [0.4, 0.5) is 0 Å². The van der Waals surface area contributed by atoms with E-state index in [4.69, 9.17) is 10.2 Å².